The van der Waals surface area contributed by atoms with Gasteiger partial charge in [0, 0.05) is 19.3 Å². The topological polar surface area (TPSA) is 24.5 Å². The van der Waals surface area contributed by atoms with Gasteiger partial charge < -0.3 is 15.0 Å². The highest BCUT2D eigenvalue weighted by Crippen LogP contribution is 2.17. The first-order valence-corrected chi connectivity index (χ1v) is 6.83. The molecule has 0 amide bonds. The lowest BCUT2D eigenvalue weighted by molar-refractivity contribution is 0.110. The van der Waals surface area contributed by atoms with E-state index in [2.05, 4.69) is 24.2 Å². The maximum absolute atomic E-state index is 5.67. The van der Waals surface area contributed by atoms with E-state index in [9.17, 15) is 0 Å². The monoisotopic (exact) mass is 228 g/mol. The first-order valence-electron chi connectivity index (χ1n) is 6.83. The lowest BCUT2D eigenvalue weighted by atomic mass is 10.1. The summed E-state index contributed by atoms with van der Waals surface area (Å²) in [5, 5.41) is 3.33. The standard InChI is InChI=1S/C13H28N2O/c1-3-14-9-4-5-11-16-12-8-13-7-6-10-15(13)2/h13-14H,3-12H2,1-2H3. The van der Waals surface area contributed by atoms with E-state index < -0.39 is 0 Å². The Morgan fingerprint density at radius 3 is 2.88 bits per heavy atom. The van der Waals surface area contributed by atoms with Crippen LogP contribution < -0.4 is 5.32 Å². The summed E-state index contributed by atoms with van der Waals surface area (Å²) >= 11 is 0. The van der Waals surface area contributed by atoms with Gasteiger partial charge in [0.2, 0.25) is 0 Å². The third-order valence-electron chi connectivity index (χ3n) is 3.41. The Hall–Kier alpha value is -0.120. The Labute approximate surface area is 101 Å². The quantitative estimate of drug-likeness (QED) is 0.610. The van der Waals surface area contributed by atoms with Crippen molar-refractivity contribution in [2.75, 3.05) is 39.9 Å². The van der Waals surface area contributed by atoms with Gasteiger partial charge in [0.15, 0.2) is 0 Å². The van der Waals surface area contributed by atoms with Gasteiger partial charge >= 0.3 is 0 Å². The number of ether oxygens (including phenoxy) is 1. The average Bonchev–Trinajstić information content (AvgIpc) is 2.68. The second kappa shape index (κ2) is 8.97. The summed E-state index contributed by atoms with van der Waals surface area (Å²) in [6, 6.07) is 0.779. The normalized spacial score (nSPS) is 21.8. The van der Waals surface area contributed by atoms with Crippen LogP contribution >= 0.6 is 0 Å². The molecule has 0 aromatic carbocycles. The fraction of sp³-hybridized carbons (Fsp3) is 1.00. The van der Waals surface area contributed by atoms with Crippen molar-refractivity contribution >= 4 is 0 Å². The summed E-state index contributed by atoms with van der Waals surface area (Å²) in [5.41, 5.74) is 0. The van der Waals surface area contributed by atoms with E-state index in [0.717, 1.165) is 32.3 Å². The number of nitrogens with one attached hydrogen (secondary N) is 1. The average molecular weight is 228 g/mol. The summed E-state index contributed by atoms with van der Waals surface area (Å²) in [4.78, 5) is 2.47. The molecule has 3 heteroatoms. The molecule has 0 aromatic rings. The Bertz CT molecular complexity index is 164. The molecule has 3 nitrogen and oxygen atoms in total. The van der Waals surface area contributed by atoms with Crippen molar-refractivity contribution in [3.8, 4) is 0 Å². The van der Waals surface area contributed by atoms with Crippen LogP contribution in [0.15, 0.2) is 0 Å². The number of unbranched alkanes of at least 4 members (excludes halogenated alkanes) is 1. The highest BCUT2D eigenvalue weighted by molar-refractivity contribution is 4.75. The van der Waals surface area contributed by atoms with E-state index in [1.165, 1.54) is 38.6 Å². The number of hydrogen-bond acceptors (Lipinski definition) is 3. The van der Waals surface area contributed by atoms with E-state index in [4.69, 9.17) is 4.74 Å². The van der Waals surface area contributed by atoms with Crippen LogP contribution in [0.5, 0.6) is 0 Å². The maximum atomic E-state index is 5.67. The zero-order chi connectivity index (χ0) is 11.6. The Morgan fingerprint density at radius 2 is 2.19 bits per heavy atom. The molecule has 16 heavy (non-hydrogen) atoms. The minimum Gasteiger partial charge on any atom is -0.381 e. The van der Waals surface area contributed by atoms with E-state index in [0.29, 0.717) is 0 Å². The molecule has 0 aliphatic carbocycles. The summed E-state index contributed by atoms with van der Waals surface area (Å²) in [5.74, 6) is 0. The molecule has 0 spiro atoms. The molecule has 1 aliphatic rings. The van der Waals surface area contributed by atoms with Crippen LogP contribution in [0.1, 0.15) is 39.0 Å². The van der Waals surface area contributed by atoms with Crippen LogP contribution in [0, 0.1) is 0 Å². The maximum Gasteiger partial charge on any atom is 0.0480 e. The van der Waals surface area contributed by atoms with E-state index >= 15 is 0 Å². The lowest BCUT2D eigenvalue weighted by Crippen LogP contribution is -2.26. The van der Waals surface area contributed by atoms with Crippen molar-refractivity contribution in [3.63, 3.8) is 0 Å². The number of hydrogen-bond donors (Lipinski definition) is 1. The van der Waals surface area contributed by atoms with Gasteiger partial charge in [-0.15, -0.1) is 0 Å². The van der Waals surface area contributed by atoms with Gasteiger partial charge in [0.05, 0.1) is 0 Å². The molecular formula is C13H28N2O. The molecule has 1 saturated heterocycles. The molecule has 0 radical (unpaired) electrons. The molecule has 1 aliphatic heterocycles. The van der Waals surface area contributed by atoms with Gasteiger partial charge in [-0.1, -0.05) is 6.92 Å². The van der Waals surface area contributed by atoms with E-state index in [1.807, 2.05) is 0 Å². The Kier molecular flexibility index (Phi) is 7.81. The van der Waals surface area contributed by atoms with E-state index in [1.54, 1.807) is 0 Å². The molecule has 0 saturated carbocycles. The Balaban J connectivity index is 1.81. The molecule has 1 rings (SSSR count). The van der Waals surface area contributed by atoms with Gasteiger partial charge in [-0.05, 0) is 58.8 Å². The van der Waals surface area contributed by atoms with Crippen molar-refractivity contribution < 1.29 is 4.74 Å². The van der Waals surface area contributed by atoms with Crippen LogP contribution in [-0.2, 0) is 4.74 Å². The number of nitrogens with zero attached hydrogens (tertiary/aromatic N) is 1. The number of likely N-dealkylation sites (tertiary alicyclic amines) is 1. The van der Waals surface area contributed by atoms with Gasteiger partial charge in [-0.2, -0.15) is 0 Å². The fourth-order valence-corrected chi connectivity index (χ4v) is 2.30. The largest absolute Gasteiger partial charge is 0.381 e. The van der Waals surface area contributed by atoms with Crippen molar-refractivity contribution in [2.24, 2.45) is 0 Å². The first-order chi connectivity index (χ1) is 7.84. The lowest BCUT2D eigenvalue weighted by Gasteiger charge is -2.18. The highest BCUT2D eigenvalue weighted by Gasteiger charge is 2.19. The van der Waals surface area contributed by atoms with Crippen LogP contribution in [0.3, 0.4) is 0 Å². The first kappa shape index (κ1) is 13.9. The molecule has 1 fully saturated rings. The van der Waals surface area contributed by atoms with Crippen LogP contribution in [0.25, 0.3) is 0 Å². The summed E-state index contributed by atoms with van der Waals surface area (Å²) in [7, 11) is 2.23. The molecule has 1 unspecified atom stereocenters. The summed E-state index contributed by atoms with van der Waals surface area (Å²) < 4.78 is 5.67. The van der Waals surface area contributed by atoms with Crippen molar-refractivity contribution in [3.05, 3.63) is 0 Å². The highest BCUT2D eigenvalue weighted by atomic mass is 16.5. The SMILES string of the molecule is CCNCCCCOCCC1CCCN1C. The molecule has 1 N–H and O–H groups in total. The van der Waals surface area contributed by atoms with Crippen LogP contribution in [0.4, 0.5) is 0 Å². The number of rotatable bonds is 9. The third-order valence-corrected chi connectivity index (χ3v) is 3.41. The van der Waals surface area contributed by atoms with Gasteiger partial charge in [-0.25, -0.2) is 0 Å². The molecule has 0 aromatic heterocycles. The predicted octanol–water partition coefficient (Wildman–Crippen LogP) is 1.88. The fourth-order valence-electron chi connectivity index (χ4n) is 2.30. The molecule has 1 atom stereocenters. The van der Waals surface area contributed by atoms with Gasteiger partial charge in [0.1, 0.15) is 0 Å². The summed E-state index contributed by atoms with van der Waals surface area (Å²) in [6.45, 7) is 7.50. The van der Waals surface area contributed by atoms with Crippen molar-refractivity contribution in [1.82, 2.24) is 10.2 Å². The minimum atomic E-state index is 0.779. The van der Waals surface area contributed by atoms with Gasteiger partial charge in [0.25, 0.3) is 0 Å². The van der Waals surface area contributed by atoms with Crippen LogP contribution in [0.2, 0.25) is 0 Å². The Morgan fingerprint density at radius 1 is 1.31 bits per heavy atom. The minimum absolute atomic E-state index is 0.779. The zero-order valence-corrected chi connectivity index (χ0v) is 11.0. The smallest absolute Gasteiger partial charge is 0.0480 e. The van der Waals surface area contributed by atoms with Crippen molar-refractivity contribution in [1.29, 1.82) is 0 Å². The molecule has 0 bridgehead atoms. The van der Waals surface area contributed by atoms with Crippen LogP contribution in [-0.4, -0.2) is 50.8 Å². The zero-order valence-electron chi connectivity index (χ0n) is 11.0. The molecule has 1 heterocycles. The summed E-state index contributed by atoms with van der Waals surface area (Å²) in [6.07, 6.45) is 6.36. The van der Waals surface area contributed by atoms with Gasteiger partial charge in [-0.3, -0.25) is 0 Å². The molecule has 96 valence electrons. The second-order valence-corrected chi connectivity index (χ2v) is 4.74. The molecular weight excluding hydrogens is 200 g/mol. The third kappa shape index (κ3) is 5.83. The van der Waals surface area contributed by atoms with Crippen molar-refractivity contribution in [2.45, 2.75) is 45.1 Å². The van der Waals surface area contributed by atoms with E-state index in [-0.39, 0.29) is 0 Å². The predicted molar refractivity (Wildman–Crippen MR) is 68.9 cm³/mol. The second-order valence-electron chi connectivity index (χ2n) is 4.74.